The molecular weight excluding hydrogens is 272 g/mol. The largest absolute Gasteiger partial charge is 0.477 e. The summed E-state index contributed by atoms with van der Waals surface area (Å²) in [6, 6.07) is 0. The molecule has 0 atom stereocenters. The topological polar surface area (TPSA) is 81.5 Å². The summed E-state index contributed by atoms with van der Waals surface area (Å²) in [5.41, 5.74) is 1.52. The normalized spacial score (nSPS) is 10.9. The molecule has 0 aliphatic carbocycles. The second-order valence-corrected chi connectivity index (χ2v) is 5.13. The highest BCUT2D eigenvalue weighted by molar-refractivity contribution is 5.92. The maximum Gasteiger partial charge on any atom is 0.341 e. The van der Waals surface area contributed by atoms with Gasteiger partial charge in [0.15, 0.2) is 0 Å². The minimum absolute atomic E-state index is 0.0738. The lowest BCUT2D eigenvalue weighted by atomic mass is 10.0. The van der Waals surface area contributed by atoms with E-state index in [1.165, 1.54) is 0 Å². The second-order valence-electron chi connectivity index (χ2n) is 5.13. The van der Waals surface area contributed by atoms with Crippen LogP contribution in [0.25, 0.3) is 0 Å². The van der Waals surface area contributed by atoms with Crippen molar-refractivity contribution in [1.82, 2.24) is 10.2 Å². The summed E-state index contributed by atoms with van der Waals surface area (Å²) in [4.78, 5) is 11.5. The van der Waals surface area contributed by atoms with Crippen LogP contribution in [-0.2, 0) is 17.6 Å². The number of hydrogen-bond acceptors (Lipinski definition) is 5. The van der Waals surface area contributed by atoms with Crippen LogP contribution in [0.15, 0.2) is 0 Å². The molecule has 6 nitrogen and oxygen atoms in total. The van der Waals surface area contributed by atoms with E-state index in [0.717, 1.165) is 0 Å². The van der Waals surface area contributed by atoms with Crippen LogP contribution in [0.5, 0.6) is 5.88 Å². The van der Waals surface area contributed by atoms with E-state index in [1.807, 2.05) is 13.8 Å². The Bertz CT molecular complexity index is 475. The molecule has 0 aliphatic rings. The van der Waals surface area contributed by atoms with Crippen molar-refractivity contribution in [2.75, 3.05) is 19.8 Å². The molecule has 0 unspecified atom stereocenters. The van der Waals surface area contributed by atoms with Crippen LogP contribution in [0.2, 0.25) is 0 Å². The van der Waals surface area contributed by atoms with Crippen LogP contribution >= 0.6 is 0 Å². The van der Waals surface area contributed by atoms with Crippen molar-refractivity contribution < 1.29 is 19.4 Å². The summed E-state index contributed by atoms with van der Waals surface area (Å²) in [5.74, 6) is -0.505. The molecule has 0 aliphatic heterocycles. The second kappa shape index (κ2) is 8.56. The molecule has 0 bridgehead atoms. The number of ether oxygens (including phenoxy) is 2. The van der Waals surface area contributed by atoms with Gasteiger partial charge in [0.25, 0.3) is 0 Å². The average Bonchev–Trinajstić information content (AvgIpc) is 2.45. The van der Waals surface area contributed by atoms with Gasteiger partial charge < -0.3 is 14.6 Å². The number of rotatable bonds is 9. The Kier molecular flexibility index (Phi) is 7.08. The lowest BCUT2D eigenvalue weighted by Gasteiger charge is -2.13. The minimum atomic E-state index is -1.03. The fraction of sp³-hybridized carbons (Fsp3) is 0.667. The highest BCUT2D eigenvalue weighted by atomic mass is 16.5. The Morgan fingerprint density at radius 2 is 1.90 bits per heavy atom. The van der Waals surface area contributed by atoms with Gasteiger partial charge in [0.05, 0.1) is 12.3 Å². The van der Waals surface area contributed by atoms with Crippen molar-refractivity contribution in [3.05, 3.63) is 16.8 Å². The fourth-order valence-corrected chi connectivity index (χ4v) is 1.99. The molecule has 0 aromatic carbocycles. The van der Waals surface area contributed by atoms with Crippen LogP contribution in [0.1, 0.15) is 49.3 Å². The Balaban J connectivity index is 2.80. The summed E-state index contributed by atoms with van der Waals surface area (Å²) in [7, 11) is 0. The number of carboxylic acid groups (broad SMARTS) is 1. The summed E-state index contributed by atoms with van der Waals surface area (Å²) in [5, 5.41) is 17.4. The lowest BCUT2D eigenvalue weighted by Crippen LogP contribution is -2.16. The van der Waals surface area contributed by atoms with Crippen LogP contribution in [0.3, 0.4) is 0 Å². The molecular formula is C15H24N2O4. The van der Waals surface area contributed by atoms with E-state index in [-0.39, 0.29) is 18.1 Å². The van der Waals surface area contributed by atoms with Gasteiger partial charge in [-0.25, -0.2) is 4.79 Å². The van der Waals surface area contributed by atoms with E-state index in [1.54, 1.807) is 0 Å². The zero-order chi connectivity index (χ0) is 15.8. The van der Waals surface area contributed by atoms with Gasteiger partial charge in [0.2, 0.25) is 5.88 Å². The Hall–Kier alpha value is -1.69. The molecule has 1 aromatic heterocycles. The van der Waals surface area contributed by atoms with E-state index in [4.69, 9.17) is 9.47 Å². The number of carbonyl (C=O) groups is 1. The standard InChI is InChI=1S/C15H24N2O4/c1-5-11-12(6-2)16-17-14(13(11)15(18)19)21-8-7-20-9-10(3)4/h10H,5-9H2,1-4H3,(H,18,19). The van der Waals surface area contributed by atoms with Crippen molar-refractivity contribution in [2.24, 2.45) is 5.92 Å². The first-order valence-electron chi connectivity index (χ1n) is 7.33. The number of aromatic carboxylic acids is 1. The van der Waals surface area contributed by atoms with Crippen LogP contribution in [0, 0.1) is 5.92 Å². The quantitative estimate of drug-likeness (QED) is 0.704. The maximum absolute atomic E-state index is 11.5. The van der Waals surface area contributed by atoms with Gasteiger partial charge in [-0.2, -0.15) is 5.10 Å². The molecule has 0 saturated carbocycles. The monoisotopic (exact) mass is 296 g/mol. The molecule has 0 radical (unpaired) electrons. The van der Waals surface area contributed by atoms with Gasteiger partial charge in [-0.05, 0) is 24.3 Å². The van der Waals surface area contributed by atoms with E-state index in [9.17, 15) is 9.90 Å². The van der Waals surface area contributed by atoms with Gasteiger partial charge >= 0.3 is 5.97 Å². The minimum Gasteiger partial charge on any atom is -0.477 e. The zero-order valence-electron chi connectivity index (χ0n) is 13.2. The third kappa shape index (κ3) is 4.97. The molecule has 1 rings (SSSR count). The molecule has 1 aromatic rings. The first kappa shape index (κ1) is 17.4. The molecule has 6 heteroatoms. The highest BCUT2D eigenvalue weighted by Gasteiger charge is 2.21. The molecule has 0 saturated heterocycles. The Morgan fingerprint density at radius 1 is 1.19 bits per heavy atom. The van der Waals surface area contributed by atoms with Crippen molar-refractivity contribution >= 4 is 5.97 Å². The predicted molar refractivity (Wildman–Crippen MR) is 78.9 cm³/mol. The molecule has 0 fully saturated rings. The van der Waals surface area contributed by atoms with Gasteiger partial charge in [0, 0.05) is 6.61 Å². The molecule has 1 N–H and O–H groups in total. The van der Waals surface area contributed by atoms with Crippen molar-refractivity contribution in [3.8, 4) is 5.88 Å². The van der Waals surface area contributed by atoms with Gasteiger partial charge in [-0.3, -0.25) is 0 Å². The third-order valence-electron chi connectivity index (χ3n) is 2.95. The Morgan fingerprint density at radius 3 is 2.43 bits per heavy atom. The molecule has 1 heterocycles. The van der Waals surface area contributed by atoms with E-state index < -0.39 is 5.97 Å². The van der Waals surface area contributed by atoms with Crippen LogP contribution in [-0.4, -0.2) is 41.1 Å². The van der Waals surface area contributed by atoms with Crippen LogP contribution < -0.4 is 4.74 Å². The van der Waals surface area contributed by atoms with Gasteiger partial charge in [-0.15, -0.1) is 5.10 Å². The number of nitrogens with zero attached hydrogens (tertiary/aromatic N) is 2. The molecule has 21 heavy (non-hydrogen) atoms. The van der Waals surface area contributed by atoms with Crippen molar-refractivity contribution in [1.29, 1.82) is 0 Å². The Labute approximate surface area is 125 Å². The van der Waals surface area contributed by atoms with Crippen molar-refractivity contribution in [2.45, 2.75) is 40.5 Å². The SMILES string of the molecule is CCc1nnc(OCCOCC(C)C)c(C(=O)O)c1CC. The maximum atomic E-state index is 11.5. The lowest BCUT2D eigenvalue weighted by molar-refractivity contribution is 0.0670. The first-order valence-corrected chi connectivity index (χ1v) is 7.33. The highest BCUT2D eigenvalue weighted by Crippen LogP contribution is 2.22. The smallest absolute Gasteiger partial charge is 0.341 e. The third-order valence-corrected chi connectivity index (χ3v) is 2.95. The average molecular weight is 296 g/mol. The summed E-state index contributed by atoms with van der Waals surface area (Å²) in [6.07, 6.45) is 1.23. The number of carboxylic acids is 1. The molecule has 0 spiro atoms. The van der Waals surface area contributed by atoms with Gasteiger partial charge in [-0.1, -0.05) is 27.7 Å². The fourth-order valence-electron chi connectivity index (χ4n) is 1.99. The van der Waals surface area contributed by atoms with E-state index >= 15 is 0 Å². The van der Waals surface area contributed by atoms with E-state index in [0.29, 0.717) is 43.2 Å². The van der Waals surface area contributed by atoms with Gasteiger partial charge in [0.1, 0.15) is 12.2 Å². The number of hydrogen-bond donors (Lipinski definition) is 1. The molecule has 0 amide bonds. The molecule has 118 valence electrons. The number of aryl methyl sites for hydroxylation is 1. The summed E-state index contributed by atoms with van der Waals surface area (Å²) in [6.45, 7) is 9.26. The summed E-state index contributed by atoms with van der Waals surface area (Å²) < 4.78 is 10.8. The predicted octanol–water partition coefficient (Wildman–Crippen LogP) is 2.35. The summed E-state index contributed by atoms with van der Waals surface area (Å²) >= 11 is 0. The number of aromatic nitrogens is 2. The van der Waals surface area contributed by atoms with Crippen LogP contribution in [0.4, 0.5) is 0 Å². The first-order chi connectivity index (χ1) is 10.0. The van der Waals surface area contributed by atoms with E-state index in [2.05, 4.69) is 24.0 Å². The van der Waals surface area contributed by atoms with Crippen molar-refractivity contribution in [3.63, 3.8) is 0 Å². The zero-order valence-corrected chi connectivity index (χ0v) is 13.2.